The molecule has 1 aliphatic heterocycles. The van der Waals surface area contributed by atoms with Crippen molar-refractivity contribution in [3.63, 3.8) is 0 Å². The monoisotopic (exact) mass is 458 g/mol. The van der Waals surface area contributed by atoms with E-state index in [1.165, 1.54) is 27.7 Å². The molecule has 0 saturated carbocycles. The lowest BCUT2D eigenvalue weighted by Gasteiger charge is -2.36. The quantitative estimate of drug-likeness (QED) is 0.312. The molecule has 2 aromatic heterocycles. The maximum atomic E-state index is 4.50. The summed E-state index contributed by atoms with van der Waals surface area (Å²) >= 11 is 0. The first-order chi connectivity index (χ1) is 17.3. The highest BCUT2D eigenvalue weighted by Gasteiger charge is 2.21. The van der Waals surface area contributed by atoms with Crippen molar-refractivity contribution < 1.29 is 0 Å². The number of hydrogen-bond acceptors (Lipinski definition) is 3. The average molecular weight is 459 g/mol. The Bertz CT molecular complexity index is 1330. The van der Waals surface area contributed by atoms with Crippen molar-refractivity contribution in [1.29, 1.82) is 0 Å². The van der Waals surface area contributed by atoms with Gasteiger partial charge in [0.05, 0.1) is 17.3 Å². The Kier molecular flexibility index (Phi) is 6.04. The number of hydrogen-bond donors (Lipinski definition) is 0. The molecule has 0 bridgehead atoms. The maximum absolute atomic E-state index is 4.50. The predicted octanol–water partition coefficient (Wildman–Crippen LogP) is 6.00. The molecule has 3 heterocycles. The van der Waals surface area contributed by atoms with Crippen LogP contribution in [0.4, 0.5) is 5.69 Å². The van der Waals surface area contributed by atoms with Crippen molar-refractivity contribution in [1.82, 2.24) is 14.5 Å². The molecule has 4 heteroatoms. The molecule has 3 aromatic carbocycles. The SMILES string of the molecule is c1ccc(C(c2ccccc2)n2ccc3ccc(N4CCN(Cc5ccccn5)CC4)cc32)cc1. The first kappa shape index (κ1) is 21.6. The third kappa shape index (κ3) is 4.58. The van der Waals surface area contributed by atoms with Gasteiger partial charge in [0.15, 0.2) is 0 Å². The van der Waals surface area contributed by atoms with Crippen molar-refractivity contribution in [3.05, 3.63) is 132 Å². The van der Waals surface area contributed by atoms with Crippen LogP contribution in [-0.4, -0.2) is 40.6 Å². The second-order valence-electron chi connectivity index (χ2n) is 9.27. The van der Waals surface area contributed by atoms with Gasteiger partial charge in [-0.3, -0.25) is 9.88 Å². The first-order valence-electron chi connectivity index (χ1n) is 12.4. The van der Waals surface area contributed by atoms with E-state index in [0.29, 0.717) is 0 Å². The van der Waals surface area contributed by atoms with E-state index in [0.717, 1.165) is 38.4 Å². The summed E-state index contributed by atoms with van der Waals surface area (Å²) in [5, 5.41) is 1.28. The molecule has 0 atom stereocenters. The van der Waals surface area contributed by atoms with E-state index in [1.807, 2.05) is 12.3 Å². The van der Waals surface area contributed by atoms with E-state index in [1.54, 1.807) is 0 Å². The highest BCUT2D eigenvalue weighted by Crippen LogP contribution is 2.33. The minimum atomic E-state index is 0.139. The third-order valence-electron chi connectivity index (χ3n) is 7.06. The van der Waals surface area contributed by atoms with Crippen LogP contribution in [0.25, 0.3) is 10.9 Å². The molecule has 0 radical (unpaired) electrons. The van der Waals surface area contributed by atoms with Crippen LogP contribution in [0.3, 0.4) is 0 Å². The smallest absolute Gasteiger partial charge is 0.0839 e. The minimum absolute atomic E-state index is 0.139. The standard InChI is InChI=1S/C31H30N4/c1-3-9-26(10-4-1)31(27-11-5-2-6-12-27)35-18-16-25-14-15-29(23-30(25)35)34-21-19-33(20-22-34)24-28-13-7-8-17-32-28/h1-18,23,31H,19-22,24H2. The number of benzene rings is 3. The van der Waals surface area contributed by atoms with Crippen LogP contribution >= 0.6 is 0 Å². The number of fused-ring (bicyclic) bond motifs is 1. The molecule has 174 valence electrons. The molecule has 1 aliphatic rings. The molecule has 1 saturated heterocycles. The summed E-state index contributed by atoms with van der Waals surface area (Å²) in [4.78, 5) is 9.52. The largest absolute Gasteiger partial charge is 0.369 e. The lowest BCUT2D eigenvalue weighted by atomic mass is 9.98. The molecule has 4 nitrogen and oxygen atoms in total. The van der Waals surface area contributed by atoms with Crippen LogP contribution in [0.5, 0.6) is 0 Å². The van der Waals surface area contributed by atoms with E-state index in [4.69, 9.17) is 0 Å². The highest BCUT2D eigenvalue weighted by atomic mass is 15.3. The summed E-state index contributed by atoms with van der Waals surface area (Å²) in [6.07, 6.45) is 4.12. The van der Waals surface area contributed by atoms with Gasteiger partial charge in [0.1, 0.15) is 0 Å². The lowest BCUT2D eigenvalue weighted by molar-refractivity contribution is 0.247. The van der Waals surface area contributed by atoms with Crippen LogP contribution in [0.1, 0.15) is 22.9 Å². The molecule has 0 aliphatic carbocycles. The van der Waals surface area contributed by atoms with Crippen molar-refractivity contribution in [3.8, 4) is 0 Å². The molecule has 0 amide bonds. The number of aromatic nitrogens is 2. The molecular weight excluding hydrogens is 428 g/mol. The van der Waals surface area contributed by atoms with E-state index in [9.17, 15) is 0 Å². The molecule has 0 unspecified atom stereocenters. The number of anilines is 1. The normalized spacial score (nSPS) is 14.6. The second kappa shape index (κ2) is 9.77. The maximum Gasteiger partial charge on any atom is 0.0839 e. The summed E-state index contributed by atoms with van der Waals surface area (Å²) in [5.74, 6) is 0. The van der Waals surface area contributed by atoms with Crippen molar-refractivity contribution in [2.45, 2.75) is 12.6 Å². The molecule has 5 aromatic rings. The van der Waals surface area contributed by atoms with Gasteiger partial charge in [-0.25, -0.2) is 0 Å². The minimum Gasteiger partial charge on any atom is -0.369 e. The van der Waals surface area contributed by atoms with Crippen molar-refractivity contribution >= 4 is 16.6 Å². The number of rotatable bonds is 6. The van der Waals surface area contributed by atoms with Crippen LogP contribution in [-0.2, 0) is 6.54 Å². The van der Waals surface area contributed by atoms with Gasteiger partial charge in [0.25, 0.3) is 0 Å². The Morgan fingerprint density at radius 2 is 1.37 bits per heavy atom. The van der Waals surface area contributed by atoms with Crippen LogP contribution in [0.15, 0.2) is 116 Å². The number of piperazine rings is 1. The Hall–Kier alpha value is -3.89. The molecule has 35 heavy (non-hydrogen) atoms. The molecule has 6 rings (SSSR count). The van der Waals surface area contributed by atoms with E-state index in [2.05, 4.69) is 123 Å². The third-order valence-corrected chi connectivity index (χ3v) is 7.06. The van der Waals surface area contributed by atoms with Gasteiger partial charge in [-0.05, 0) is 46.8 Å². The first-order valence-corrected chi connectivity index (χ1v) is 12.4. The van der Waals surface area contributed by atoms with Gasteiger partial charge in [-0.2, -0.15) is 0 Å². The van der Waals surface area contributed by atoms with Gasteiger partial charge in [0, 0.05) is 50.8 Å². The lowest BCUT2D eigenvalue weighted by Crippen LogP contribution is -2.46. The van der Waals surface area contributed by atoms with E-state index in [-0.39, 0.29) is 6.04 Å². The van der Waals surface area contributed by atoms with Crippen molar-refractivity contribution in [2.24, 2.45) is 0 Å². The van der Waals surface area contributed by atoms with Crippen LogP contribution in [0.2, 0.25) is 0 Å². The van der Waals surface area contributed by atoms with Gasteiger partial charge in [0.2, 0.25) is 0 Å². The van der Waals surface area contributed by atoms with E-state index >= 15 is 0 Å². The number of nitrogens with zero attached hydrogens (tertiary/aromatic N) is 4. The Morgan fingerprint density at radius 3 is 2.03 bits per heavy atom. The molecule has 0 spiro atoms. The summed E-state index contributed by atoms with van der Waals surface area (Å²) in [6, 6.07) is 37.1. The highest BCUT2D eigenvalue weighted by molar-refractivity contribution is 5.84. The zero-order valence-electron chi connectivity index (χ0n) is 19.9. The second-order valence-corrected chi connectivity index (χ2v) is 9.27. The Labute approximate surface area is 207 Å². The summed E-state index contributed by atoms with van der Waals surface area (Å²) in [7, 11) is 0. The molecular formula is C31H30N4. The topological polar surface area (TPSA) is 24.3 Å². The van der Waals surface area contributed by atoms with E-state index < -0.39 is 0 Å². The summed E-state index contributed by atoms with van der Waals surface area (Å²) in [5.41, 5.74) is 6.31. The molecule has 1 fully saturated rings. The zero-order valence-corrected chi connectivity index (χ0v) is 19.9. The zero-order chi connectivity index (χ0) is 23.5. The fraction of sp³-hybridized carbons (Fsp3) is 0.194. The average Bonchev–Trinajstić information content (AvgIpc) is 3.34. The molecule has 0 N–H and O–H groups in total. The van der Waals surface area contributed by atoms with Crippen LogP contribution in [0, 0.1) is 0 Å². The fourth-order valence-corrected chi connectivity index (χ4v) is 5.23. The van der Waals surface area contributed by atoms with Gasteiger partial charge >= 0.3 is 0 Å². The fourth-order valence-electron chi connectivity index (χ4n) is 5.23. The van der Waals surface area contributed by atoms with Gasteiger partial charge in [-0.1, -0.05) is 72.8 Å². The summed E-state index contributed by atoms with van der Waals surface area (Å²) < 4.78 is 2.43. The Morgan fingerprint density at radius 1 is 0.686 bits per heavy atom. The van der Waals surface area contributed by atoms with Crippen molar-refractivity contribution in [2.75, 3.05) is 31.1 Å². The van der Waals surface area contributed by atoms with Gasteiger partial charge < -0.3 is 9.47 Å². The van der Waals surface area contributed by atoms with Gasteiger partial charge in [-0.15, -0.1) is 0 Å². The van der Waals surface area contributed by atoms with Crippen LogP contribution < -0.4 is 4.90 Å². The summed E-state index contributed by atoms with van der Waals surface area (Å²) in [6.45, 7) is 5.07. The Balaban J connectivity index is 1.28. The number of pyridine rings is 1. The predicted molar refractivity (Wildman–Crippen MR) is 144 cm³/mol.